The highest BCUT2D eigenvalue weighted by Gasteiger charge is 2.36. The fourth-order valence-electron chi connectivity index (χ4n) is 4.19. The van der Waals surface area contributed by atoms with E-state index in [0.717, 1.165) is 4.47 Å². The Labute approximate surface area is 234 Å². The van der Waals surface area contributed by atoms with Crippen molar-refractivity contribution in [1.29, 1.82) is 0 Å². The molecule has 190 valence electrons. The molecule has 0 saturated heterocycles. The molecule has 1 atom stereocenters. The van der Waals surface area contributed by atoms with E-state index in [4.69, 9.17) is 18.9 Å². The molecule has 4 rings (SSSR count). The second kappa shape index (κ2) is 10.9. The predicted molar refractivity (Wildman–Crippen MR) is 150 cm³/mol. The molecule has 11 heteroatoms. The fourth-order valence-corrected chi connectivity index (χ4v) is 5.93. The summed E-state index contributed by atoms with van der Waals surface area (Å²) in [6.07, 6.45) is 1.70. The number of hydrogen-bond acceptors (Lipinski definition) is 7. The van der Waals surface area contributed by atoms with Gasteiger partial charge in [0, 0.05) is 47.3 Å². The quantitative estimate of drug-likeness (QED) is 0.350. The number of methoxy groups -OCH3 is 2. The van der Waals surface area contributed by atoms with Gasteiger partial charge >= 0.3 is 0 Å². The number of ether oxygens (including phenoxy) is 2. The Hall–Kier alpha value is -2.38. The van der Waals surface area contributed by atoms with Gasteiger partial charge < -0.3 is 18.8 Å². The second-order valence-corrected chi connectivity index (χ2v) is 10.8. The van der Waals surface area contributed by atoms with Crippen molar-refractivity contribution in [2.75, 3.05) is 27.3 Å². The summed E-state index contributed by atoms with van der Waals surface area (Å²) in [5, 5.41) is 0. The van der Waals surface area contributed by atoms with Crippen LogP contribution in [0.5, 0.6) is 11.5 Å². The number of likely N-dealkylation sites (N-methyl/N-ethyl adjacent to an activating group) is 1. The van der Waals surface area contributed by atoms with Gasteiger partial charge in [0.1, 0.15) is 23.3 Å². The number of thiazole rings is 1. The van der Waals surface area contributed by atoms with E-state index in [9.17, 15) is 9.59 Å². The van der Waals surface area contributed by atoms with Crippen LogP contribution in [-0.4, -0.2) is 42.7 Å². The van der Waals surface area contributed by atoms with E-state index in [1.165, 1.54) is 11.3 Å². The largest absolute Gasteiger partial charge is 0.497 e. The SMILES string of the molecule is CCN(CC)C(=O)C1=C(C)N=c2s/c(=C/c3cc(Br)c(I)o3)c(=O)n2[C@@H]1c1cc(OC)ccc1OC. The molecule has 0 radical (unpaired) electrons. The minimum atomic E-state index is -0.745. The molecule has 0 fully saturated rings. The minimum absolute atomic E-state index is 0.171. The van der Waals surface area contributed by atoms with Crippen molar-refractivity contribution in [1.82, 2.24) is 9.47 Å². The van der Waals surface area contributed by atoms with Crippen LogP contribution in [0, 0.1) is 3.77 Å². The average molecular weight is 686 g/mol. The number of allylic oxidation sites excluding steroid dienone is 1. The van der Waals surface area contributed by atoms with Crippen molar-refractivity contribution in [2.45, 2.75) is 26.8 Å². The third-order valence-electron chi connectivity index (χ3n) is 5.97. The van der Waals surface area contributed by atoms with Gasteiger partial charge in [0.2, 0.25) is 0 Å². The smallest absolute Gasteiger partial charge is 0.271 e. The van der Waals surface area contributed by atoms with Crippen LogP contribution in [0.1, 0.15) is 38.1 Å². The summed E-state index contributed by atoms with van der Waals surface area (Å²) in [7, 11) is 3.14. The van der Waals surface area contributed by atoms with Gasteiger partial charge in [0.05, 0.1) is 34.5 Å². The molecule has 2 aromatic heterocycles. The highest BCUT2D eigenvalue weighted by atomic mass is 127. The summed E-state index contributed by atoms with van der Waals surface area (Å²) in [6.45, 7) is 6.72. The zero-order valence-electron chi connectivity index (χ0n) is 20.4. The highest BCUT2D eigenvalue weighted by molar-refractivity contribution is 14.1. The van der Waals surface area contributed by atoms with Crippen LogP contribution in [0.15, 0.2) is 54.2 Å². The first kappa shape index (κ1) is 26.7. The van der Waals surface area contributed by atoms with E-state index >= 15 is 0 Å². The van der Waals surface area contributed by atoms with Gasteiger partial charge in [0.25, 0.3) is 11.5 Å². The number of benzene rings is 1. The van der Waals surface area contributed by atoms with E-state index < -0.39 is 6.04 Å². The van der Waals surface area contributed by atoms with Crippen molar-refractivity contribution in [3.63, 3.8) is 0 Å². The summed E-state index contributed by atoms with van der Waals surface area (Å²) in [5.41, 5.74) is 1.36. The zero-order chi connectivity index (χ0) is 26.1. The minimum Gasteiger partial charge on any atom is -0.497 e. The molecule has 3 heterocycles. The summed E-state index contributed by atoms with van der Waals surface area (Å²) >= 11 is 6.77. The van der Waals surface area contributed by atoms with Crippen LogP contribution < -0.4 is 24.4 Å². The van der Waals surface area contributed by atoms with Gasteiger partial charge in [-0.2, -0.15) is 0 Å². The molecule has 1 aliphatic rings. The third-order valence-corrected chi connectivity index (χ3v) is 9.09. The molecule has 0 aliphatic carbocycles. The molecular formula is C25H25BrIN3O5S. The van der Waals surface area contributed by atoms with Gasteiger partial charge in [-0.15, -0.1) is 0 Å². The van der Waals surface area contributed by atoms with E-state index in [0.29, 0.717) is 60.3 Å². The monoisotopic (exact) mass is 685 g/mol. The van der Waals surface area contributed by atoms with Crippen molar-refractivity contribution in [2.24, 2.45) is 4.99 Å². The van der Waals surface area contributed by atoms with Gasteiger partial charge in [-0.05, 0) is 61.0 Å². The lowest BCUT2D eigenvalue weighted by atomic mass is 9.93. The number of aromatic nitrogens is 1. The van der Waals surface area contributed by atoms with Gasteiger partial charge in [-0.1, -0.05) is 11.3 Å². The molecule has 0 spiro atoms. The number of amides is 1. The van der Waals surface area contributed by atoms with Gasteiger partial charge in [-0.25, -0.2) is 4.99 Å². The molecule has 0 unspecified atom stereocenters. The Morgan fingerprint density at radius 1 is 1.28 bits per heavy atom. The molecule has 1 aromatic carbocycles. The van der Waals surface area contributed by atoms with Gasteiger partial charge in [0.15, 0.2) is 8.57 Å². The Kier molecular flexibility index (Phi) is 8.10. The van der Waals surface area contributed by atoms with Crippen LogP contribution in [0.4, 0.5) is 0 Å². The number of carbonyl (C=O) groups is 1. The molecule has 36 heavy (non-hydrogen) atoms. The third kappa shape index (κ3) is 4.80. The molecule has 1 amide bonds. The van der Waals surface area contributed by atoms with E-state index in [2.05, 4.69) is 38.5 Å². The lowest BCUT2D eigenvalue weighted by Gasteiger charge is -2.30. The highest BCUT2D eigenvalue weighted by Crippen LogP contribution is 2.38. The Morgan fingerprint density at radius 3 is 2.58 bits per heavy atom. The number of rotatable bonds is 7. The Balaban J connectivity index is 2.03. The molecule has 0 bridgehead atoms. The number of fused-ring (bicyclic) bond motifs is 1. The number of carbonyl (C=O) groups excluding carboxylic acids is 1. The summed E-state index contributed by atoms with van der Waals surface area (Å²) in [6, 6.07) is 6.43. The van der Waals surface area contributed by atoms with Crippen molar-refractivity contribution in [3.8, 4) is 11.5 Å². The van der Waals surface area contributed by atoms with E-state index in [1.54, 1.807) is 54.9 Å². The molecule has 0 N–H and O–H groups in total. The van der Waals surface area contributed by atoms with E-state index in [1.807, 2.05) is 19.9 Å². The Bertz CT molecular complexity index is 1510. The maximum atomic E-state index is 13.8. The molecule has 8 nitrogen and oxygen atoms in total. The average Bonchev–Trinajstić information content (AvgIpc) is 3.35. The summed E-state index contributed by atoms with van der Waals surface area (Å²) < 4.78 is 20.4. The Morgan fingerprint density at radius 2 is 2.00 bits per heavy atom. The summed E-state index contributed by atoms with van der Waals surface area (Å²) in [5.74, 6) is 1.50. The van der Waals surface area contributed by atoms with Crippen LogP contribution >= 0.6 is 49.9 Å². The fraction of sp³-hybridized carbons (Fsp3) is 0.320. The topological polar surface area (TPSA) is 86.3 Å². The van der Waals surface area contributed by atoms with E-state index in [-0.39, 0.29) is 11.5 Å². The normalized spacial score (nSPS) is 15.5. The van der Waals surface area contributed by atoms with Crippen molar-refractivity contribution < 1.29 is 18.7 Å². The molecule has 1 aliphatic heterocycles. The lowest BCUT2D eigenvalue weighted by molar-refractivity contribution is -0.127. The lowest BCUT2D eigenvalue weighted by Crippen LogP contribution is -2.43. The van der Waals surface area contributed by atoms with Crippen molar-refractivity contribution in [3.05, 3.63) is 74.8 Å². The molecule has 0 saturated carbocycles. The van der Waals surface area contributed by atoms with Gasteiger partial charge in [-0.3, -0.25) is 14.2 Å². The maximum Gasteiger partial charge on any atom is 0.271 e. The van der Waals surface area contributed by atoms with Crippen molar-refractivity contribution >= 4 is 61.8 Å². The van der Waals surface area contributed by atoms with Crippen LogP contribution in [0.25, 0.3) is 6.08 Å². The maximum absolute atomic E-state index is 13.8. The number of nitrogens with zero attached hydrogens (tertiary/aromatic N) is 3. The first-order chi connectivity index (χ1) is 17.2. The zero-order valence-corrected chi connectivity index (χ0v) is 25.0. The number of hydrogen-bond donors (Lipinski definition) is 0. The molecule has 3 aromatic rings. The summed E-state index contributed by atoms with van der Waals surface area (Å²) in [4.78, 5) is 34.5. The first-order valence-corrected chi connectivity index (χ1v) is 13.9. The predicted octanol–water partition coefficient (Wildman–Crippen LogP) is 4.08. The van der Waals surface area contributed by atoms with Crippen LogP contribution in [0.2, 0.25) is 0 Å². The second-order valence-electron chi connectivity index (χ2n) is 7.94. The van der Waals surface area contributed by atoms with Crippen LogP contribution in [-0.2, 0) is 4.79 Å². The van der Waals surface area contributed by atoms with Crippen LogP contribution in [0.3, 0.4) is 0 Å². The number of furan rings is 1. The molecular weight excluding hydrogens is 661 g/mol. The first-order valence-electron chi connectivity index (χ1n) is 11.2. The standard InChI is InChI=1S/C25H25BrIN3O5S/c1-6-29(7-2)24(32)20-13(3)28-25-30(21(20)16-10-14(33-4)8-9-18(16)34-5)23(31)19(36-25)12-15-11-17(26)22(27)35-15/h8-12,21H,6-7H2,1-5H3/b19-12+/t21-/m1/s1. The number of halogens is 2.